The molecular weight excluding hydrogens is 267 g/mol. The van der Waals surface area contributed by atoms with Gasteiger partial charge in [-0.2, -0.15) is 0 Å². The van der Waals surface area contributed by atoms with Crippen LogP contribution in [0.25, 0.3) is 0 Å². The van der Waals surface area contributed by atoms with Gasteiger partial charge in [0.15, 0.2) is 0 Å². The Balaban J connectivity index is 1.94. The molecule has 0 aliphatic carbocycles. The van der Waals surface area contributed by atoms with Crippen molar-refractivity contribution in [2.45, 2.75) is 45.3 Å². The fourth-order valence-electron chi connectivity index (χ4n) is 2.41. The lowest BCUT2D eigenvalue weighted by molar-refractivity contribution is -0.129. The molecule has 2 heterocycles. The summed E-state index contributed by atoms with van der Waals surface area (Å²) in [6.07, 6.45) is 3.03. The largest absolute Gasteiger partial charge is 0.490 e. The van der Waals surface area contributed by atoms with Gasteiger partial charge in [0.25, 0.3) is 0 Å². The van der Waals surface area contributed by atoms with E-state index < -0.39 is 0 Å². The Bertz CT molecular complexity index is 430. The van der Waals surface area contributed by atoms with E-state index in [1.165, 1.54) is 5.47 Å². The summed E-state index contributed by atoms with van der Waals surface area (Å²) in [6, 6.07) is 0. The van der Waals surface area contributed by atoms with Gasteiger partial charge in [0.05, 0.1) is 17.7 Å². The maximum atomic E-state index is 11.7. The first-order valence-corrected chi connectivity index (χ1v) is 7.59. The number of amides is 1. The monoisotopic (exact) mass is 294 g/mol. The lowest BCUT2D eigenvalue weighted by atomic mass is 9.75. The van der Waals surface area contributed by atoms with Gasteiger partial charge in [-0.25, -0.2) is 0 Å². The van der Waals surface area contributed by atoms with Crippen LogP contribution in [0.5, 0.6) is 0 Å². The van der Waals surface area contributed by atoms with Crippen LogP contribution >= 0.6 is 0 Å². The van der Waals surface area contributed by atoms with Crippen LogP contribution in [0, 0.1) is 0 Å². The highest BCUT2D eigenvalue weighted by Gasteiger charge is 2.52. The van der Waals surface area contributed by atoms with Crippen molar-refractivity contribution in [3.63, 3.8) is 0 Å². The number of rotatable bonds is 3. The van der Waals surface area contributed by atoms with Crippen molar-refractivity contribution < 1.29 is 14.1 Å². The predicted molar refractivity (Wildman–Crippen MR) is 83.9 cm³/mol. The number of carbonyl (C=O) groups is 1. The van der Waals surface area contributed by atoms with E-state index in [0.29, 0.717) is 6.54 Å². The van der Waals surface area contributed by atoms with E-state index >= 15 is 0 Å². The summed E-state index contributed by atoms with van der Waals surface area (Å²) in [4.78, 5) is 15.5. The van der Waals surface area contributed by atoms with E-state index in [1.807, 2.05) is 0 Å². The molecule has 0 saturated carbocycles. The average molecular weight is 294 g/mol. The number of likely N-dealkylation sites (N-methyl/N-ethyl adjacent to an activating group) is 1. The summed E-state index contributed by atoms with van der Waals surface area (Å²) in [5.74, 6) is 0.141. The zero-order valence-corrected chi connectivity index (χ0v) is 14.1. The van der Waals surface area contributed by atoms with Crippen molar-refractivity contribution in [1.29, 1.82) is 0 Å². The Labute approximate surface area is 128 Å². The second-order valence-electron chi connectivity index (χ2n) is 7.14. The average Bonchev–Trinajstić information content (AvgIpc) is 2.59. The first-order chi connectivity index (χ1) is 9.62. The highest BCUT2D eigenvalue weighted by Crippen LogP contribution is 2.39. The molecule has 1 saturated heterocycles. The molecule has 0 atom stereocenters. The zero-order chi connectivity index (χ0) is 15.8. The van der Waals surface area contributed by atoms with Gasteiger partial charge < -0.3 is 14.2 Å². The Morgan fingerprint density at radius 2 is 1.86 bits per heavy atom. The topological polar surface area (TPSA) is 42.0 Å². The molecule has 118 valence electrons. The normalized spacial score (nSPS) is 24.9. The molecule has 2 aliphatic rings. The molecule has 0 aromatic rings. The molecule has 0 unspecified atom stereocenters. The van der Waals surface area contributed by atoms with Gasteiger partial charge in [0, 0.05) is 27.2 Å². The summed E-state index contributed by atoms with van der Waals surface area (Å²) < 4.78 is 12.1. The molecule has 0 N–H and O–H groups in total. The minimum atomic E-state index is -0.295. The third-order valence-corrected chi connectivity index (χ3v) is 4.74. The second kappa shape index (κ2) is 5.74. The number of nitrogens with zero attached hydrogens (tertiary/aromatic N) is 2. The predicted octanol–water partition coefficient (Wildman–Crippen LogP) is 1.34. The van der Waals surface area contributed by atoms with Crippen molar-refractivity contribution in [3.8, 4) is 0 Å². The smallest absolute Gasteiger partial charge is 0.400 e. The van der Waals surface area contributed by atoms with Crippen molar-refractivity contribution in [1.82, 2.24) is 9.80 Å². The van der Waals surface area contributed by atoms with Gasteiger partial charge in [-0.1, -0.05) is 6.08 Å². The lowest BCUT2D eigenvalue weighted by Gasteiger charge is -2.32. The van der Waals surface area contributed by atoms with E-state index in [1.54, 1.807) is 19.0 Å². The zero-order valence-electron chi connectivity index (χ0n) is 14.1. The fourth-order valence-corrected chi connectivity index (χ4v) is 2.41. The molecule has 0 aromatic heterocycles. The standard InChI is InChI=1S/C15H27BN2O3/c1-14(2)15(3,4)21-16(20-14)12-7-9-18(10-8-12)11-13(19)17(5)6/h7H,8-11H2,1-6H3. The second-order valence-corrected chi connectivity index (χ2v) is 7.14. The minimum absolute atomic E-state index is 0.141. The van der Waals surface area contributed by atoms with Crippen molar-refractivity contribution in [2.75, 3.05) is 33.7 Å². The van der Waals surface area contributed by atoms with Crippen molar-refractivity contribution in [3.05, 3.63) is 11.5 Å². The van der Waals surface area contributed by atoms with Crippen LogP contribution in [-0.2, 0) is 14.1 Å². The lowest BCUT2D eigenvalue weighted by Crippen LogP contribution is -2.41. The first kappa shape index (κ1) is 16.5. The number of hydrogen-bond acceptors (Lipinski definition) is 4. The summed E-state index contributed by atoms with van der Waals surface area (Å²) in [6.45, 7) is 10.4. The summed E-state index contributed by atoms with van der Waals surface area (Å²) >= 11 is 0. The van der Waals surface area contributed by atoms with Crippen molar-refractivity contribution in [2.24, 2.45) is 0 Å². The van der Waals surface area contributed by atoms with Crippen LogP contribution in [0.3, 0.4) is 0 Å². The van der Waals surface area contributed by atoms with E-state index in [2.05, 4.69) is 38.7 Å². The molecule has 21 heavy (non-hydrogen) atoms. The van der Waals surface area contributed by atoms with E-state index in [9.17, 15) is 4.79 Å². The molecule has 0 bridgehead atoms. The Morgan fingerprint density at radius 3 is 2.29 bits per heavy atom. The van der Waals surface area contributed by atoms with Crippen LogP contribution in [0.1, 0.15) is 34.1 Å². The molecular formula is C15H27BN2O3. The number of carbonyl (C=O) groups excluding carboxylic acids is 1. The van der Waals surface area contributed by atoms with Crippen LogP contribution in [-0.4, -0.2) is 67.8 Å². The molecule has 1 amide bonds. The van der Waals surface area contributed by atoms with Gasteiger partial charge in [-0.3, -0.25) is 9.69 Å². The van der Waals surface area contributed by atoms with E-state index in [-0.39, 0.29) is 24.2 Å². The molecule has 0 radical (unpaired) electrons. The number of hydrogen-bond donors (Lipinski definition) is 0. The molecule has 5 nitrogen and oxygen atoms in total. The molecule has 2 rings (SSSR count). The molecule has 2 aliphatic heterocycles. The van der Waals surface area contributed by atoms with Gasteiger partial charge in [0.2, 0.25) is 5.91 Å². The highest BCUT2D eigenvalue weighted by molar-refractivity contribution is 6.54. The van der Waals surface area contributed by atoms with E-state index in [4.69, 9.17) is 9.31 Å². The molecule has 0 spiro atoms. The third-order valence-electron chi connectivity index (χ3n) is 4.74. The van der Waals surface area contributed by atoms with Crippen LogP contribution in [0.15, 0.2) is 11.5 Å². The Kier molecular flexibility index (Phi) is 4.52. The van der Waals surface area contributed by atoms with Crippen molar-refractivity contribution >= 4 is 13.0 Å². The van der Waals surface area contributed by atoms with Crippen LogP contribution in [0.4, 0.5) is 0 Å². The van der Waals surface area contributed by atoms with Crippen LogP contribution in [0.2, 0.25) is 0 Å². The van der Waals surface area contributed by atoms with Gasteiger partial charge in [0.1, 0.15) is 0 Å². The van der Waals surface area contributed by atoms with Crippen LogP contribution < -0.4 is 0 Å². The molecule has 0 aromatic carbocycles. The van der Waals surface area contributed by atoms with Gasteiger partial charge in [-0.15, -0.1) is 0 Å². The molecule has 1 fully saturated rings. The van der Waals surface area contributed by atoms with Gasteiger partial charge in [-0.05, 0) is 39.6 Å². The Hall–Kier alpha value is -0.845. The maximum absolute atomic E-state index is 11.7. The quantitative estimate of drug-likeness (QED) is 0.737. The van der Waals surface area contributed by atoms with E-state index in [0.717, 1.165) is 19.5 Å². The summed E-state index contributed by atoms with van der Waals surface area (Å²) in [5.41, 5.74) is 0.606. The summed E-state index contributed by atoms with van der Waals surface area (Å²) in [7, 11) is 3.33. The minimum Gasteiger partial charge on any atom is -0.400 e. The SMILES string of the molecule is CN(C)C(=O)CN1CC=C(B2OC(C)(C)C(C)(C)O2)CC1. The fraction of sp³-hybridized carbons (Fsp3) is 0.800. The highest BCUT2D eigenvalue weighted by atomic mass is 16.7. The maximum Gasteiger partial charge on any atom is 0.490 e. The molecule has 6 heteroatoms. The van der Waals surface area contributed by atoms with Gasteiger partial charge >= 0.3 is 7.12 Å². The Morgan fingerprint density at radius 1 is 1.29 bits per heavy atom. The summed E-state index contributed by atoms with van der Waals surface area (Å²) in [5, 5.41) is 0. The third kappa shape index (κ3) is 3.50. The first-order valence-electron chi connectivity index (χ1n) is 7.59.